The molecule has 162 valence electrons. The van der Waals surface area contributed by atoms with Crippen molar-refractivity contribution in [2.24, 2.45) is 0 Å². The third kappa shape index (κ3) is 3.29. The van der Waals surface area contributed by atoms with Crippen molar-refractivity contribution in [2.75, 3.05) is 39.9 Å². The number of hydrogen-bond acceptors (Lipinski definition) is 7. The van der Waals surface area contributed by atoms with Gasteiger partial charge in [-0.3, -0.25) is 4.79 Å². The van der Waals surface area contributed by atoms with E-state index in [0.29, 0.717) is 28.7 Å². The summed E-state index contributed by atoms with van der Waals surface area (Å²) in [5.41, 5.74) is 1.87. The normalized spacial score (nSPS) is 18.7. The summed E-state index contributed by atoms with van der Waals surface area (Å²) >= 11 is 0. The number of H-pyrrole nitrogens is 1. The lowest BCUT2D eigenvalue weighted by atomic mass is 9.94. The molecule has 2 N–H and O–H groups in total. The molecule has 8 heteroatoms. The standard InChI is InChI=1S/C23H26N4O4/c1-23(13-29-3)20(28)19(21-25-17-8-6-7-9-18(17)26-21)22(24-2)27(23)14-10-15(30-4)12-16(11-14)31-5/h6-12,24H,13H2,1-5H3,(H,25,26)/t23-/m1/s1. The molecule has 8 nitrogen and oxygen atoms in total. The molecule has 1 aliphatic rings. The number of aromatic nitrogens is 2. The molecule has 1 atom stereocenters. The molecule has 0 radical (unpaired) electrons. The number of imidazole rings is 1. The van der Waals surface area contributed by atoms with Gasteiger partial charge in [-0.15, -0.1) is 0 Å². The monoisotopic (exact) mass is 422 g/mol. The number of methoxy groups -OCH3 is 3. The molecule has 0 aliphatic carbocycles. The highest BCUT2D eigenvalue weighted by atomic mass is 16.5. The van der Waals surface area contributed by atoms with Crippen molar-refractivity contribution in [3.8, 4) is 11.5 Å². The number of anilines is 1. The SMILES string of the molecule is CNC1=C(c2nc3ccccc3[nH]2)C(=O)[C@@](C)(COC)N1c1cc(OC)cc(OC)c1. The molecule has 31 heavy (non-hydrogen) atoms. The first-order chi connectivity index (χ1) is 15.0. The smallest absolute Gasteiger partial charge is 0.198 e. The molecule has 1 aliphatic heterocycles. The molecule has 0 saturated heterocycles. The molecule has 0 saturated carbocycles. The molecule has 0 spiro atoms. The van der Waals surface area contributed by atoms with Crippen molar-refractivity contribution in [3.05, 3.63) is 54.1 Å². The summed E-state index contributed by atoms with van der Waals surface area (Å²) in [7, 11) is 6.56. The number of ether oxygens (including phenoxy) is 3. The average molecular weight is 422 g/mol. The second-order valence-corrected chi connectivity index (χ2v) is 7.52. The Balaban J connectivity index is 1.95. The Morgan fingerprint density at radius 2 is 1.77 bits per heavy atom. The fourth-order valence-corrected chi connectivity index (χ4v) is 4.11. The average Bonchev–Trinajstić information content (AvgIpc) is 3.30. The van der Waals surface area contributed by atoms with Gasteiger partial charge in [-0.2, -0.15) is 0 Å². The Bertz CT molecular complexity index is 1110. The zero-order valence-electron chi connectivity index (χ0n) is 18.3. The van der Waals surface area contributed by atoms with E-state index in [1.54, 1.807) is 34.4 Å². The number of ketones is 1. The van der Waals surface area contributed by atoms with E-state index in [0.717, 1.165) is 16.7 Å². The number of aromatic amines is 1. The topological polar surface area (TPSA) is 88.7 Å². The van der Waals surface area contributed by atoms with E-state index in [-0.39, 0.29) is 12.4 Å². The van der Waals surface area contributed by atoms with Crippen LogP contribution < -0.4 is 19.7 Å². The number of rotatable bonds is 7. The maximum absolute atomic E-state index is 13.8. The Morgan fingerprint density at radius 1 is 1.10 bits per heavy atom. The highest BCUT2D eigenvalue weighted by Gasteiger charge is 2.51. The van der Waals surface area contributed by atoms with Crippen LogP contribution in [-0.2, 0) is 9.53 Å². The minimum Gasteiger partial charge on any atom is -0.497 e. The lowest BCUT2D eigenvalue weighted by Crippen LogP contribution is -2.52. The summed E-state index contributed by atoms with van der Waals surface area (Å²) in [5.74, 6) is 2.28. The van der Waals surface area contributed by atoms with Crippen LogP contribution >= 0.6 is 0 Å². The van der Waals surface area contributed by atoms with E-state index in [2.05, 4.69) is 15.3 Å². The van der Waals surface area contributed by atoms with E-state index < -0.39 is 5.54 Å². The number of para-hydroxylation sites is 2. The highest BCUT2D eigenvalue weighted by molar-refractivity contribution is 6.30. The minimum atomic E-state index is -1.00. The molecule has 4 rings (SSSR count). The van der Waals surface area contributed by atoms with Gasteiger partial charge in [-0.1, -0.05) is 12.1 Å². The van der Waals surface area contributed by atoms with E-state index in [9.17, 15) is 4.79 Å². The molecular formula is C23H26N4O4. The first kappa shape index (κ1) is 20.7. The number of nitrogens with one attached hydrogen (secondary N) is 2. The predicted octanol–water partition coefficient (Wildman–Crippen LogP) is 2.96. The number of Topliss-reactive ketones (excluding diaryl/α,β-unsaturated/α-hetero) is 1. The van der Waals surface area contributed by atoms with E-state index in [1.807, 2.05) is 48.2 Å². The lowest BCUT2D eigenvalue weighted by Gasteiger charge is -2.36. The van der Waals surface area contributed by atoms with Gasteiger partial charge in [-0.05, 0) is 19.1 Å². The second kappa shape index (κ2) is 7.96. The number of carbonyl (C=O) groups is 1. The van der Waals surface area contributed by atoms with Gasteiger partial charge in [0, 0.05) is 32.4 Å². The van der Waals surface area contributed by atoms with Gasteiger partial charge in [0.15, 0.2) is 5.78 Å². The number of carbonyl (C=O) groups excluding carboxylic acids is 1. The Morgan fingerprint density at radius 3 is 2.35 bits per heavy atom. The number of benzene rings is 2. The van der Waals surface area contributed by atoms with Crippen molar-refractivity contribution in [2.45, 2.75) is 12.5 Å². The lowest BCUT2D eigenvalue weighted by molar-refractivity contribution is -0.118. The largest absolute Gasteiger partial charge is 0.497 e. The van der Waals surface area contributed by atoms with Crippen molar-refractivity contribution in [1.82, 2.24) is 15.3 Å². The molecule has 0 fully saturated rings. The van der Waals surface area contributed by atoms with Crippen molar-refractivity contribution < 1.29 is 19.0 Å². The molecule has 2 heterocycles. The van der Waals surface area contributed by atoms with E-state index in [4.69, 9.17) is 14.2 Å². The van der Waals surface area contributed by atoms with Gasteiger partial charge in [0.05, 0.1) is 37.5 Å². The maximum atomic E-state index is 13.8. The van der Waals surface area contributed by atoms with Crippen LogP contribution in [0.1, 0.15) is 12.7 Å². The molecule has 2 aromatic carbocycles. The summed E-state index contributed by atoms with van der Waals surface area (Å²) in [4.78, 5) is 23.7. The summed E-state index contributed by atoms with van der Waals surface area (Å²) in [5, 5.41) is 3.21. The third-order valence-corrected chi connectivity index (χ3v) is 5.55. The van der Waals surface area contributed by atoms with Gasteiger partial charge >= 0.3 is 0 Å². The highest BCUT2D eigenvalue weighted by Crippen LogP contribution is 2.43. The van der Waals surface area contributed by atoms with Crippen molar-refractivity contribution >= 4 is 28.1 Å². The second-order valence-electron chi connectivity index (χ2n) is 7.52. The molecular weight excluding hydrogens is 396 g/mol. The Kier molecular flexibility index (Phi) is 5.32. The minimum absolute atomic E-state index is 0.0976. The first-order valence-corrected chi connectivity index (χ1v) is 9.91. The zero-order valence-corrected chi connectivity index (χ0v) is 18.3. The van der Waals surface area contributed by atoms with Gasteiger partial charge in [0.1, 0.15) is 34.3 Å². The predicted molar refractivity (Wildman–Crippen MR) is 119 cm³/mol. The van der Waals surface area contributed by atoms with Crippen LogP contribution in [0.3, 0.4) is 0 Å². The maximum Gasteiger partial charge on any atom is 0.198 e. The third-order valence-electron chi connectivity index (χ3n) is 5.55. The van der Waals surface area contributed by atoms with Crippen LogP contribution in [0, 0.1) is 0 Å². The molecule has 0 amide bonds. The van der Waals surface area contributed by atoms with Gasteiger partial charge in [0.25, 0.3) is 0 Å². The van der Waals surface area contributed by atoms with E-state index in [1.165, 1.54) is 0 Å². The van der Waals surface area contributed by atoms with Gasteiger partial charge in [-0.25, -0.2) is 4.98 Å². The number of nitrogens with zero attached hydrogens (tertiary/aromatic N) is 2. The first-order valence-electron chi connectivity index (χ1n) is 9.91. The van der Waals surface area contributed by atoms with Crippen LogP contribution in [0.15, 0.2) is 48.3 Å². The Hall–Kier alpha value is -3.52. The fourth-order valence-electron chi connectivity index (χ4n) is 4.11. The number of fused-ring (bicyclic) bond motifs is 1. The van der Waals surface area contributed by atoms with Crippen LogP contribution in [0.25, 0.3) is 16.6 Å². The Labute approximate surface area is 180 Å². The zero-order chi connectivity index (χ0) is 22.2. The van der Waals surface area contributed by atoms with Crippen LogP contribution in [-0.4, -0.2) is 56.3 Å². The van der Waals surface area contributed by atoms with Crippen LogP contribution in [0.4, 0.5) is 5.69 Å². The van der Waals surface area contributed by atoms with Gasteiger partial charge in [0.2, 0.25) is 0 Å². The fraction of sp³-hybridized carbons (Fsp3) is 0.304. The van der Waals surface area contributed by atoms with Crippen molar-refractivity contribution in [3.63, 3.8) is 0 Å². The summed E-state index contributed by atoms with van der Waals surface area (Å²) in [6.07, 6.45) is 0. The van der Waals surface area contributed by atoms with Gasteiger partial charge < -0.3 is 29.4 Å². The quantitative estimate of drug-likeness (QED) is 0.605. The molecule has 0 unspecified atom stereocenters. The summed E-state index contributed by atoms with van der Waals surface area (Å²) in [6.45, 7) is 2.04. The van der Waals surface area contributed by atoms with Crippen molar-refractivity contribution in [1.29, 1.82) is 0 Å². The summed E-state index contributed by atoms with van der Waals surface area (Å²) < 4.78 is 16.4. The van der Waals surface area contributed by atoms with Crippen LogP contribution in [0.5, 0.6) is 11.5 Å². The van der Waals surface area contributed by atoms with E-state index >= 15 is 0 Å². The summed E-state index contributed by atoms with van der Waals surface area (Å²) in [6, 6.07) is 13.2. The molecule has 0 bridgehead atoms. The molecule has 1 aromatic heterocycles. The van der Waals surface area contributed by atoms with Crippen LogP contribution in [0.2, 0.25) is 0 Å². The number of hydrogen-bond donors (Lipinski definition) is 2. The molecule has 3 aromatic rings.